The predicted octanol–water partition coefficient (Wildman–Crippen LogP) is 18.7. The third-order valence-corrected chi connectivity index (χ3v) is 21.6. The van der Waals surface area contributed by atoms with Crippen LogP contribution in [-0.4, -0.2) is 154 Å². The Balaban J connectivity index is 0.000000140. The molecule has 129 heavy (non-hydrogen) atoms. The van der Waals surface area contributed by atoms with Gasteiger partial charge in [-0.1, -0.05) is 54.6 Å². The minimum atomic E-state index is -1.02. The van der Waals surface area contributed by atoms with Crippen LogP contribution in [0.1, 0.15) is 163 Å². The zero-order chi connectivity index (χ0) is 90.6. The Hall–Kier alpha value is -16.0. The largest absolute Gasteiger partial charge is 0.478 e. The number of carboxylic acid groups (broad SMARTS) is 2. The lowest BCUT2D eigenvalue weighted by Crippen LogP contribution is -2.27. The fraction of sp³-hybridized carbons (Fsp3) is 0.235. The molecule has 0 spiro atoms. The van der Waals surface area contributed by atoms with E-state index in [-0.39, 0.29) is 28.9 Å². The van der Waals surface area contributed by atoms with Crippen LogP contribution in [0.4, 0.5) is 69.0 Å². The molecule has 3 saturated heterocycles. The Morgan fingerprint density at radius 3 is 1.01 bits per heavy atom. The average molecular weight is 1730 g/mol. The van der Waals surface area contributed by atoms with Crippen LogP contribution in [0.3, 0.4) is 0 Å². The highest BCUT2D eigenvalue weighted by atomic mass is 16.6. The Morgan fingerprint density at radius 1 is 0.380 bits per heavy atom. The molecule has 31 nitrogen and oxygen atoms in total. The summed E-state index contributed by atoms with van der Waals surface area (Å²) < 4.78 is 15.7. The normalized spacial score (nSPS) is 14.7. The molecule has 0 radical (unpaired) electrons. The SMILES string of the molecule is CC(C)(C)OC(=O)c1ccc(N)cc1.CC1CCCN1c1cccc(Nc2cc(-c3cccc(C(=O)Nc4ccc(C(=O)O)cc4)c3)nn3ccnc23)n1.CC1CCCN1c1cccc(Nc2cc(-c3cccc(C(=O)Nc4ccc(C(=O)OC(C)(C)C)cc4)c3)nn3ccnc23)n1.CC1CCCN1c1cccc(Nc2cc(-c3cccc(C(=O)O)c3)nn3ccnc23)n1. The third-order valence-electron chi connectivity index (χ3n) is 21.6. The number of imidazole rings is 3. The number of aromatic nitrogens is 12. The molecule has 3 unspecified atom stereocenters. The molecule has 2 amide bonds. The second-order valence-electron chi connectivity index (χ2n) is 33.5. The van der Waals surface area contributed by atoms with Crippen molar-refractivity contribution >= 4 is 122 Å². The van der Waals surface area contributed by atoms with Crippen LogP contribution in [0.25, 0.3) is 50.7 Å². The van der Waals surface area contributed by atoms with Gasteiger partial charge in [0.25, 0.3) is 11.8 Å². The van der Waals surface area contributed by atoms with E-state index in [9.17, 15) is 33.9 Å². The van der Waals surface area contributed by atoms with Gasteiger partial charge in [-0.2, -0.15) is 15.3 Å². The van der Waals surface area contributed by atoms with E-state index in [1.54, 1.807) is 160 Å². The molecule has 9 aromatic heterocycles. The van der Waals surface area contributed by atoms with Crippen LogP contribution < -0.4 is 47.0 Å². The maximum absolute atomic E-state index is 13.2. The van der Waals surface area contributed by atoms with Crippen LogP contribution in [0.15, 0.2) is 256 Å². The Kier molecular flexibility index (Phi) is 26.4. The number of anilines is 12. The van der Waals surface area contributed by atoms with Gasteiger partial charge in [0.2, 0.25) is 0 Å². The summed E-state index contributed by atoms with van der Waals surface area (Å²) in [6, 6.07) is 65.5. The quantitative estimate of drug-likeness (QED) is 0.0259. The molecule has 12 heterocycles. The number of carboxylic acids is 2. The van der Waals surface area contributed by atoms with Gasteiger partial charge in [0.05, 0.1) is 56.4 Å². The number of carbonyl (C=O) groups excluding carboxylic acids is 4. The summed E-state index contributed by atoms with van der Waals surface area (Å²) in [5.74, 6) is 1.67. The molecule has 3 aliphatic rings. The number of amides is 2. The van der Waals surface area contributed by atoms with Gasteiger partial charge < -0.3 is 66.7 Å². The number of carbonyl (C=O) groups is 6. The number of benzene rings is 6. The van der Waals surface area contributed by atoms with E-state index in [0.717, 1.165) is 89.8 Å². The van der Waals surface area contributed by atoms with Gasteiger partial charge in [-0.15, -0.1) is 0 Å². The number of nitrogens with zero attached hydrogens (tertiary/aromatic N) is 15. The number of esters is 2. The molecule has 3 fully saturated rings. The molecule has 0 aliphatic carbocycles. The Morgan fingerprint density at radius 2 is 0.690 bits per heavy atom. The predicted molar refractivity (Wildman–Crippen MR) is 500 cm³/mol. The second kappa shape index (κ2) is 38.7. The molecule has 18 rings (SSSR count). The Bertz CT molecular complexity index is 6600. The molecule has 31 heteroatoms. The minimum absolute atomic E-state index is 0.151. The van der Waals surface area contributed by atoms with Gasteiger partial charge in [-0.05, 0) is 265 Å². The highest BCUT2D eigenvalue weighted by Gasteiger charge is 2.27. The van der Waals surface area contributed by atoms with E-state index in [4.69, 9.17) is 45.5 Å². The summed E-state index contributed by atoms with van der Waals surface area (Å²) in [6.45, 7) is 20.7. The summed E-state index contributed by atoms with van der Waals surface area (Å²) in [5, 5.41) is 48.4. The van der Waals surface area contributed by atoms with E-state index in [0.29, 0.717) is 103 Å². The van der Waals surface area contributed by atoms with Crippen LogP contribution >= 0.6 is 0 Å². The first-order chi connectivity index (χ1) is 62.0. The fourth-order valence-electron chi connectivity index (χ4n) is 15.2. The number of nitrogen functional groups attached to an aromatic ring is 1. The van der Waals surface area contributed by atoms with Crippen molar-refractivity contribution in [1.82, 2.24) is 58.7 Å². The first-order valence-corrected chi connectivity index (χ1v) is 42.5. The van der Waals surface area contributed by atoms with Gasteiger partial charge in [0, 0.05) is 120 Å². The lowest BCUT2D eigenvalue weighted by molar-refractivity contribution is 0.00570. The molecular formula is C98H99N21O10. The zero-order valence-electron chi connectivity index (χ0n) is 72.8. The van der Waals surface area contributed by atoms with Gasteiger partial charge in [0.15, 0.2) is 16.9 Å². The summed E-state index contributed by atoms with van der Waals surface area (Å²) >= 11 is 0. The molecule has 3 atom stereocenters. The van der Waals surface area contributed by atoms with Gasteiger partial charge in [-0.25, -0.2) is 62.6 Å². The fourth-order valence-corrected chi connectivity index (χ4v) is 15.2. The molecule has 656 valence electrons. The number of ether oxygens (including phenoxy) is 2. The van der Waals surface area contributed by atoms with Crippen LogP contribution in [0.5, 0.6) is 0 Å². The smallest absolute Gasteiger partial charge is 0.338 e. The lowest BCUT2D eigenvalue weighted by Gasteiger charge is -2.23. The number of hydrogen-bond donors (Lipinski definition) is 8. The van der Waals surface area contributed by atoms with Crippen molar-refractivity contribution in [3.8, 4) is 33.8 Å². The van der Waals surface area contributed by atoms with Crippen molar-refractivity contribution in [1.29, 1.82) is 0 Å². The van der Waals surface area contributed by atoms with Gasteiger partial charge in [-0.3, -0.25) is 9.59 Å². The van der Waals surface area contributed by atoms with Gasteiger partial charge >= 0.3 is 23.9 Å². The first-order valence-electron chi connectivity index (χ1n) is 42.5. The van der Waals surface area contributed by atoms with Crippen LogP contribution in [0, 0.1) is 0 Å². The number of fused-ring (bicyclic) bond motifs is 3. The van der Waals surface area contributed by atoms with Crippen LogP contribution in [0.2, 0.25) is 0 Å². The monoisotopic (exact) mass is 1730 g/mol. The number of rotatable bonds is 20. The Labute approximate surface area is 744 Å². The summed E-state index contributed by atoms with van der Waals surface area (Å²) in [5.41, 5.74) is 16.8. The number of nitrogens with one attached hydrogen (secondary N) is 5. The number of nitrogens with two attached hydrogens (primary N) is 1. The standard InChI is InChI=1S/C34H35N7O3.C30H27N7O3.C23H22N6O2.C11H15NO2/c1-22-8-7-18-40(22)30-12-6-11-29(38-30)37-28-21-27(39-41-19-17-35-31(28)41)24-9-5-10-25(20-24)32(42)36-26-15-13-23(14-16-26)33(43)44-34(2,3)4;1-19-5-4-15-36(19)27-9-3-8-26(34-27)33-25-18-24(35-37-16-14-31-28(25)37)21-6-2-7-22(17-21)29(38)32-23-12-10-20(11-13-23)30(39)40;1-15-5-4-11-28(15)21-9-3-8-20(26-21)25-19-14-18(27-29-12-10-24-22(19)29)16-6-2-7-17(13-16)23(30)31;1-11(2,3)14-10(13)8-4-6-9(12)7-5-8/h5-6,9-17,19-22H,7-8,18H2,1-4H3,(H,36,42)(H,37,38);2-3,6-14,16-19H,4-5,15H2,1H3,(H,32,38)(H,33,34)(H,39,40);2-3,6-10,12-15H,4-5,11H2,1H3,(H,25,26)(H,30,31);4-7H,12H2,1-3H3. The summed E-state index contributed by atoms with van der Waals surface area (Å²) in [4.78, 5) is 107. The van der Waals surface area contributed by atoms with E-state index >= 15 is 0 Å². The maximum Gasteiger partial charge on any atom is 0.338 e. The van der Waals surface area contributed by atoms with E-state index < -0.39 is 29.1 Å². The summed E-state index contributed by atoms with van der Waals surface area (Å²) in [7, 11) is 0. The molecular weight excluding hydrogens is 1630 g/mol. The molecule has 3 aliphatic heterocycles. The lowest BCUT2D eigenvalue weighted by atomic mass is 10.1. The van der Waals surface area contributed by atoms with Crippen molar-refractivity contribution in [3.63, 3.8) is 0 Å². The second-order valence-corrected chi connectivity index (χ2v) is 33.5. The number of pyridine rings is 3. The van der Waals surface area contributed by atoms with Crippen molar-refractivity contribution in [2.75, 3.05) is 66.7 Å². The molecule has 9 N–H and O–H groups in total. The van der Waals surface area contributed by atoms with E-state index in [2.05, 4.69) is 82.1 Å². The first kappa shape index (κ1) is 87.9. The molecule has 6 aromatic carbocycles. The maximum atomic E-state index is 13.2. The van der Waals surface area contributed by atoms with E-state index in [1.807, 2.05) is 139 Å². The zero-order valence-corrected chi connectivity index (χ0v) is 72.8. The molecule has 0 bridgehead atoms. The molecule has 15 aromatic rings. The van der Waals surface area contributed by atoms with Crippen molar-refractivity contribution in [3.05, 3.63) is 289 Å². The average Bonchev–Trinajstić information content (AvgIpc) is 1.73. The van der Waals surface area contributed by atoms with E-state index in [1.165, 1.54) is 37.8 Å². The van der Waals surface area contributed by atoms with Gasteiger partial charge in [0.1, 0.15) is 46.1 Å². The van der Waals surface area contributed by atoms with Crippen molar-refractivity contribution < 1.29 is 48.5 Å². The molecule has 0 saturated carbocycles. The summed E-state index contributed by atoms with van der Waals surface area (Å²) in [6.07, 6.45) is 17.4. The van der Waals surface area contributed by atoms with Crippen LogP contribution in [-0.2, 0) is 9.47 Å². The van der Waals surface area contributed by atoms with Crippen molar-refractivity contribution in [2.24, 2.45) is 0 Å². The number of hydrogen-bond acceptors (Lipinski definition) is 24. The highest BCUT2D eigenvalue weighted by molar-refractivity contribution is 6.06. The topological polar surface area (TPSA) is 386 Å². The highest BCUT2D eigenvalue weighted by Crippen LogP contribution is 2.35. The third kappa shape index (κ3) is 22.1. The number of aromatic carboxylic acids is 2. The minimum Gasteiger partial charge on any atom is -0.478 e. The van der Waals surface area contributed by atoms with Crippen molar-refractivity contribution in [2.45, 2.75) is 130 Å².